The molecular weight excluding hydrogens is 302 g/mol. The van der Waals surface area contributed by atoms with Gasteiger partial charge in [-0.3, -0.25) is 9.59 Å². The van der Waals surface area contributed by atoms with Gasteiger partial charge in [0, 0.05) is 24.3 Å². The molecule has 0 radical (unpaired) electrons. The second kappa shape index (κ2) is 7.17. The van der Waals surface area contributed by atoms with E-state index in [4.69, 9.17) is 5.73 Å². The molecule has 5 nitrogen and oxygen atoms in total. The second-order valence-electron chi connectivity index (χ2n) is 5.96. The minimum Gasteiger partial charge on any atom is -0.370 e. The van der Waals surface area contributed by atoms with E-state index in [1.165, 1.54) is 0 Å². The molecule has 0 saturated carbocycles. The van der Waals surface area contributed by atoms with Crippen molar-refractivity contribution in [2.24, 2.45) is 5.73 Å². The standard InChI is InChI=1S/C19H21N3O2/c20-18(23)15-8-10-16(11-9-15)21-17(14-6-2-1-3-7-14)19(24)22-12-4-5-13-22/h1-3,6-11,17,21H,4-5,12-13H2,(H2,20,23)/t17-/m1/s1. The molecule has 3 rings (SSSR count). The predicted molar refractivity (Wildman–Crippen MR) is 93.6 cm³/mol. The van der Waals surface area contributed by atoms with Crippen LogP contribution in [0, 0.1) is 0 Å². The number of nitrogens with one attached hydrogen (secondary N) is 1. The lowest BCUT2D eigenvalue weighted by Crippen LogP contribution is -2.36. The summed E-state index contributed by atoms with van der Waals surface area (Å²) in [4.78, 5) is 26.0. The maximum absolute atomic E-state index is 12.9. The SMILES string of the molecule is NC(=O)c1ccc(N[C@@H](C(=O)N2CCCC2)c2ccccc2)cc1. The molecule has 0 aromatic heterocycles. The minimum atomic E-state index is -0.464. The fraction of sp³-hybridized carbons (Fsp3) is 0.263. The van der Waals surface area contributed by atoms with E-state index in [-0.39, 0.29) is 5.91 Å². The highest BCUT2D eigenvalue weighted by molar-refractivity contribution is 5.93. The Bertz CT molecular complexity index is 707. The monoisotopic (exact) mass is 323 g/mol. The molecule has 1 saturated heterocycles. The van der Waals surface area contributed by atoms with E-state index in [0.717, 1.165) is 37.2 Å². The number of hydrogen-bond donors (Lipinski definition) is 2. The number of amides is 2. The highest BCUT2D eigenvalue weighted by Crippen LogP contribution is 2.24. The van der Waals surface area contributed by atoms with Crippen LogP contribution in [-0.4, -0.2) is 29.8 Å². The zero-order valence-electron chi connectivity index (χ0n) is 13.4. The van der Waals surface area contributed by atoms with Crippen molar-refractivity contribution < 1.29 is 9.59 Å². The van der Waals surface area contributed by atoms with Crippen LogP contribution in [-0.2, 0) is 4.79 Å². The number of carbonyl (C=O) groups is 2. The predicted octanol–water partition coefficient (Wildman–Crippen LogP) is 2.56. The summed E-state index contributed by atoms with van der Waals surface area (Å²) in [6.07, 6.45) is 2.11. The van der Waals surface area contributed by atoms with Gasteiger partial charge in [-0.15, -0.1) is 0 Å². The largest absolute Gasteiger partial charge is 0.370 e. The molecule has 5 heteroatoms. The lowest BCUT2D eigenvalue weighted by atomic mass is 10.0. The molecule has 0 bridgehead atoms. The minimum absolute atomic E-state index is 0.0812. The number of likely N-dealkylation sites (tertiary alicyclic amines) is 1. The quantitative estimate of drug-likeness (QED) is 0.888. The van der Waals surface area contributed by atoms with Crippen molar-refractivity contribution >= 4 is 17.5 Å². The summed E-state index contributed by atoms with van der Waals surface area (Å²) in [5, 5.41) is 3.29. The first-order valence-electron chi connectivity index (χ1n) is 8.15. The zero-order chi connectivity index (χ0) is 16.9. The maximum atomic E-state index is 12.9. The number of rotatable bonds is 5. The Balaban J connectivity index is 1.84. The third-order valence-electron chi connectivity index (χ3n) is 4.28. The van der Waals surface area contributed by atoms with Crippen molar-refractivity contribution in [3.8, 4) is 0 Å². The summed E-state index contributed by atoms with van der Waals surface area (Å²) in [6, 6.07) is 16.1. The maximum Gasteiger partial charge on any atom is 0.249 e. The summed E-state index contributed by atoms with van der Waals surface area (Å²) >= 11 is 0. The smallest absolute Gasteiger partial charge is 0.249 e. The van der Waals surface area contributed by atoms with Gasteiger partial charge < -0.3 is 16.0 Å². The summed E-state index contributed by atoms with van der Waals surface area (Å²) in [5.74, 6) is -0.382. The van der Waals surface area contributed by atoms with E-state index in [2.05, 4.69) is 5.32 Å². The molecule has 2 aromatic rings. The Morgan fingerprint density at radius 2 is 1.58 bits per heavy atom. The average Bonchev–Trinajstić information content (AvgIpc) is 3.15. The van der Waals surface area contributed by atoms with Gasteiger partial charge >= 0.3 is 0 Å². The Morgan fingerprint density at radius 3 is 2.17 bits per heavy atom. The van der Waals surface area contributed by atoms with E-state index < -0.39 is 11.9 Å². The third-order valence-corrected chi connectivity index (χ3v) is 4.28. The van der Waals surface area contributed by atoms with Crippen LogP contribution >= 0.6 is 0 Å². The molecule has 0 spiro atoms. The Morgan fingerprint density at radius 1 is 0.958 bits per heavy atom. The van der Waals surface area contributed by atoms with Crippen molar-refractivity contribution in [1.29, 1.82) is 0 Å². The van der Waals surface area contributed by atoms with E-state index in [1.807, 2.05) is 35.2 Å². The van der Waals surface area contributed by atoms with Crippen LogP contribution in [0.3, 0.4) is 0 Å². The van der Waals surface area contributed by atoms with Gasteiger partial charge in [0.05, 0.1) is 0 Å². The zero-order valence-corrected chi connectivity index (χ0v) is 13.4. The van der Waals surface area contributed by atoms with Crippen molar-refractivity contribution in [2.45, 2.75) is 18.9 Å². The fourth-order valence-corrected chi connectivity index (χ4v) is 2.95. The van der Waals surface area contributed by atoms with Gasteiger partial charge in [-0.1, -0.05) is 30.3 Å². The van der Waals surface area contributed by atoms with Crippen LogP contribution in [0.2, 0.25) is 0 Å². The molecule has 0 unspecified atom stereocenters. The van der Waals surface area contributed by atoms with Crippen molar-refractivity contribution in [3.63, 3.8) is 0 Å². The van der Waals surface area contributed by atoms with Gasteiger partial charge in [-0.05, 0) is 42.7 Å². The number of nitrogens with zero attached hydrogens (tertiary/aromatic N) is 1. The van der Waals surface area contributed by atoms with Crippen LogP contribution in [0.25, 0.3) is 0 Å². The summed E-state index contributed by atoms with van der Waals surface area (Å²) < 4.78 is 0. The molecular formula is C19H21N3O2. The number of primary amides is 1. The lowest BCUT2D eigenvalue weighted by Gasteiger charge is -2.25. The highest BCUT2D eigenvalue weighted by Gasteiger charge is 2.27. The summed E-state index contributed by atoms with van der Waals surface area (Å²) in [5.41, 5.74) is 7.42. The van der Waals surface area contributed by atoms with Gasteiger partial charge in [0.2, 0.25) is 11.8 Å². The Labute approximate surface area is 141 Å². The van der Waals surface area contributed by atoms with Gasteiger partial charge in [0.25, 0.3) is 0 Å². The van der Waals surface area contributed by atoms with Crippen LogP contribution in [0.5, 0.6) is 0 Å². The Kier molecular flexibility index (Phi) is 4.79. The van der Waals surface area contributed by atoms with Crippen molar-refractivity contribution in [2.75, 3.05) is 18.4 Å². The number of hydrogen-bond acceptors (Lipinski definition) is 3. The van der Waals surface area contributed by atoms with E-state index in [9.17, 15) is 9.59 Å². The Hall–Kier alpha value is -2.82. The molecule has 3 N–H and O–H groups in total. The topological polar surface area (TPSA) is 75.4 Å². The molecule has 2 aromatic carbocycles. The molecule has 1 aliphatic heterocycles. The van der Waals surface area contributed by atoms with Crippen LogP contribution < -0.4 is 11.1 Å². The van der Waals surface area contributed by atoms with Gasteiger partial charge in [0.15, 0.2) is 0 Å². The second-order valence-corrected chi connectivity index (χ2v) is 5.96. The molecule has 0 aliphatic carbocycles. The van der Waals surface area contributed by atoms with Crippen LogP contribution in [0.4, 0.5) is 5.69 Å². The van der Waals surface area contributed by atoms with Gasteiger partial charge in [0.1, 0.15) is 6.04 Å². The highest BCUT2D eigenvalue weighted by atomic mass is 16.2. The van der Waals surface area contributed by atoms with E-state index >= 15 is 0 Å². The summed E-state index contributed by atoms with van der Waals surface area (Å²) in [6.45, 7) is 1.62. The van der Waals surface area contributed by atoms with Crippen molar-refractivity contribution in [3.05, 3.63) is 65.7 Å². The van der Waals surface area contributed by atoms with Crippen LogP contribution in [0.1, 0.15) is 34.8 Å². The normalized spacial score (nSPS) is 15.1. The summed E-state index contributed by atoms with van der Waals surface area (Å²) in [7, 11) is 0. The molecule has 1 aliphatic rings. The van der Waals surface area contributed by atoms with Crippen molar-refractivity contribution in [1.82, 2.24) is 4.90 Å². The number of benzene rings is 2. The molecule has 1 heterocycles. The molecule has 124 valence electrons. The first-order valence-corrected chi connectivity index (χ1v) is 8.15. The molecule has 2 amide bonds. The fourth-order valence-electron chi connectivity index (χ4n) is 2.95. The van der Waals surface area contributed by atoms with E-state index in [0.29, 0.717) is 5.56 Å². The third kappa shape index (κ3) is 3.56. The number of nitrogens with two attached hydrogens (primary N) is 1. The number of anilines is 1. The number of carbonyl (C=O) groups excluding carboxylic acids is 2. The molecule has 1 fully saturated rings. The van der Waals surface area contributed by atoms with E-state index in [1.54, 1.807) is 24.3 Å². The molecule has 1 atom stereocenters. The lowest BCUT2D eigenvalue weighted by molar-refractivity contribution is -0.131. The van der Waals surface area contributed by atoms with Gasteiger partial charge in [-0.25, -0.2) is 0 Å². The van der Waals surface area contributed by atoms with Gasteiger partial charge in [-0.2, -0.15) is 0 Å². The first kappa shape index (κ1) is 16.1. The average molecular weight is 323 g/mol. The first-order chi connectivity index (χ1) is 11.6. The molecule has 24 heavy (non-hydrogen) atoms. The van der Waals surface area contributed by atoms with Crippen LogP contribution in [0.15, 0.2) is 54.6 Å².